The first kappa shape index (κ1) is 16.9. The molecule has 27 heavy (non-hydrogen) atoms. The molecule has 0 radical (unpaired) electrons. The standard InChI is InChI=1S/C19H16FN5O2/c1-11-17-15(18(26)21-10-14-7-8-22-25(14)2)9-16(23-19(17)27-24-11)12-3-5-13(20)6-4-12/h3-9H,10H2,1-2H3,(H,21,26). The second-order valence-corrected chi connectivity index (χ2v) is 6.14. The zero-order valence-electron chi connectivity index (χ0n) is 14.7. The molecule has 3 heterocycles. The summed E-state index contributed by atoms with van der Waals surface area (Å²) in [6.45, 7) is 2.08. The Kier molecular flexibility index (Phi) is 4.15. The van der Waals surface area contributed by atoms with Gasteiger partial charge in [-0.3, -0.25) is 9.48 Å². The van der Waals surface area contributed by atoms with Crippen molar-refractivity contribution in [2.45, 2.75) is 13.5 Å². The van der Waals surface area contributed by atoms with Crippen LogP contribution < -0.4 is 5.32 Å². The fourth-order valence-corrected chi connectivity index (χ4v) is 2.88. The summed E-state index contributed by atoms with van der Waals surface area (Å²) in [4.78, 5) is 17.3. The van der Waals surface area contributed by atoms with Crippen molar-refractivity contribution >= 4 is 17.0 Å². The molecule has 0 saturated carbocycles. The second kappa shape index (κ2) is 6.64. The summed E-state index contributed by atoms with van der Waals surface area (Å²) in [5.41, 5.74) is 3.29. The molecule has 0 spiro atoms. The quantitative estimate of drug-likeness (QED) is 0.601. The number of aromatic nitrogens is 4. The third-order valence-corrected chi connectivity index (χ3v) is 4.35. The highest BCUT2D eigenvalue weighted by atomic mass is 19.1. The lowest BCUT2D eigenvalue weighted by molar-refractivity contribution is 0.0951. The maximum Gasteiger partial charge on any atom is 0.259 e. The van der Waals surface area contributed by atoms with E-state index in [2.05, 4.69) is 20.6 Å². The summed E-state index contributed by atoms with van der Waals surface area (Å²) in [5.74, 6) is -0.622. The largest absolute Gasteiger partial charge is 0.346 e. The molecule has 0 bridgehead atoms. The topological polar surface area (TPSA) is 85.8 Å². The molecular weight excluding hydrogens is 349 g/mol. The number of aryl methyl sites for hydroxylation is 2. The number of nitrogens with one attached hydrogen (secondary N) is 1. The van der Waals surface area contributed by atoms with Crippen molar-refractivity contribution in [1.29, 1.82) is 0 Å². The van der Waals surface area contributed by atoms with Crippen LogP contribution in [0, 0.1) is 12.7 Å². The first-order valence-corrected chi connectivity index (χ1v) is 8.31. The van der Waals surface area contributed by atoms with Gasteiger partial charge in [-0.1, -0.05) is 5.16 Å². The smallest absolute Gasteiger partial charge is 0.259 e. The van der Waals surface area contributed by atoms with Crippen molar-refractivity contribution in [2.24, 2.45) is 7.05 Å². The van der Waals surface area contributed by atoms with E-state index >= 15 is 0 Å². The van der Waals surface area contributed by atoms with E-state index in [0.717, 1.165) is 5.69 Å². The molecule has 0 unspecified atom stereocenters. The Morgan fingerprint density at radius 3 is 2.74 bits per heavy atom. The molecule has 1 aromatic carbocycles. The van der Waals surface area contributed by atoms with Gasteiger partial charge in [0, 0.05) is 18.8 Å². The molecule has 7 nitrogen and oxygen atoms in total. The highest BCUT2D eigenvalue weighted by molar-refractivity contribution is 6.06. The molecule has 136 valence electrons. The third kappa shape index (κ3) is 3.17. The number of fused-ring (bicyclic) bond motifs is 1. The number of nitrogens with zero attached hydrogens (tertiary/aromatic N) is 4. The Hall–Kier alpha value is -3.55. The van der Waals surface area contributed by atoms with Gasteiger partial charge in [0.05, 0.1) is 34.6 Å². The van der Waals surface area contributed by atoms with E-state index in [9.17, 15) is 9.18 Å². The zero-order chi connectivity index (χ0) is 19.0. The lowest BCUT2D eigenvalue weighted by Gasteiger charge is -2.08. The van der Waals surface area contributed by atoms with E-state index in [1.807, 2.05) is 13.1 Å². The summed E-state index contributed by atoms with van der Waals surface area (Å²) >= 11 is 0. The van der Waals surface area contributed by atoms with Crippen molar-refractivity contribution < 1.29 is 13.7 Å². The molecule has 8 heteroatoms. The van der Waals surface area contributed by atoms with Gasteiger partial charge in [0.2, 0.25) is 0 Å². The molecule has 0 aliphatic rings. The summed E-state index contributed by atoms with van der Waals surface area (Å²) in [5, 5.41) is 11.4. The van der Waals surface area contributed by atoms with E-state index in [4.69, 9.17) is 4.52 Å². The van der Waals surface area contributed by atoms with Crippen molar-refractivity contribution in [1.82, 2.24) is 25.2 Å². The van der Waals surface area contributed by atoms with Crippen molar-refractivity contribution in [3.63, 3.8) is 0 Å². The number of hydrogen-bond acceptors (Lipinski definition) is 5. The molecule has 0 saturated heterocycles. The van der Waals surface area contributed by atoms with Crippen LogP contribution in [-0.2, 0) is 13.6 Å². The third-order valence-electron chi connectivity index (χ3n) is 4.35. The number of carbonyl (C=O) groups is 1. The minimum Gasteiger partial charge on any atom is -0.346 e. The Morgan fingerprint density at radius 1 is 1.26 bits per heavy atom. The van der Waals surface area contributed by atoms with Crippen LogP contribution in [0.5, 0.6) is 0 Å². The number of amides is 1. The first-order valence-electron chi connectivity index (χ1n) is 8.31. The maximum absolute atomic E-state index is 13.2. The van der Waals surface area contributed by atoms with E-state index in [1.54, 1.807) is 36.0 Å². The fourth-order valence-electron chi connectivity index (χ4n) is 2.88. The van der Waals surface area contributed by atoms with Gasteiger partial charge >= 0.3 is 0 Å². The van der Waals surface area contributed by atoms with Crippen LogP contribution in [0.3, 0.4) is 0 Å². The van der Waals surface area contributed by atoms with Crippen LogP contribution in [0.2, 0.25) is 0 Å². The van der Waals surface area contributed by atoms with Crippen LogP contribution in [0.15, 0.2) is 47.1 Å². The lowest BCUT2D eigenvalue weighted by Crippen LogP contribution is -2.24. The average Bonchev–Trinajstić information content (AvgIpc) is 3.25. The molecule has 1 amide bonds. The number of hydrogen-bond donors (Lipinski definition) is 1. The van der Waals surface area contributed by atoms with Gasteiger partial charge in [-0.2, -0.15) is 5.10 Å². The number of rotatable bonds is 4. The Labute approximate surface area is 153 Å². The summed E-state index contributed by atoms with van der Waals surface area (Å²) in [6.07, 6.45) is 1.67. The van der Waals surface area contributed by atoms with E-state index < -0.39 is 0 Å². The molecule has 3 aromatic heterocycles. The predicted molar refractivity (Wildman–Crippen MR) is 96.3 cm³/mol. The average molecular weight is 365 g/mol. The van der Waals surface area contributed by atoms with Crippen LogP contribution in [-0.4, -0.2) is 25.8 Å². The maximum atomic E-state index is 13.2. The molecule has 4 rings (SSSR count). The molecule has 1 N–H and O–H groups in total. The molecule has 0 fully saturated rings. The number of carbonyl (C=O) groups excluding carboxylic acids is 1. The molecular formula is C19H16FN5O2. The van der Waals surface area contributed by atoms with Gasteiger partial charge in [0.15, 0.2) is 0 Å². The Balaban J connectivity index is 1.73. The summed E-state index contributed by atoms with van der Waals surface area (Å²) in [6, 6.07) is 9.38. The van der Waals surface area contributed by atoms with E-state index in [-0.39, 0.29) is 17.4 Å². The normalized spacial score (nSPS) is 11.1. The van der Waals surface area contributed by atoms with Crippen molar-refractivity contribution in [2.75, 3.05) is 0 Å². The SMILES string of the molecule is Cc1noc2nc(-c3ccc(F)cc3)cc(C(=O)NCc3ccnn3C)c12. The van der Waals surface area contributed by atoms with Gasteiger partial charge in [-0.05, 0) is 43.3 Å². The zero-order valence-corrected chi connectivity index (χ0v) is 14.7. The van der Waals surface area contributed by atoms with Gasteiger partial charge in [-0.15, -0.1) is 0 Å². The van der Waals surface area contributed by atoms with Crippen LogP contribution in [0.4, 0.5) is 4.39 Å². The Bertz CT molecular complexity index is 1130. The van der Waals surface area contributed by atoms with Crippen LogP contribution >= 0.6 is 0 Å². The second-order valence-electron chi connectivity index (χ2n) is 6.14. The van der Waals surface area contributed by atoms with Crippen LogP contribution in [0.25, 0.3) is 22.4 Å². The van der Waals surface area contributed by atoms with E-state index in [1.165, 1.54) is 12.1 Å². The lowest BCUT2D eigenvalue weighted by atomic mass is 10.0. The van der Waals surface area contributed by atoms with Crippen LogP contribution in [0.1, 0.15) is 21.7 Å². The van der Waals surface area contributed by atoms with Gasteiger partial charge in [0.25, 0.3) is 11.6 Å². The molecule has 0 atom stereocenters. The Morgan fingerprint density at radius 2 is 2.04 bits per heavy atom. The summed E-state index contributed by atoms with van der Waals surface area (Å²) in [7, 11) is 1.81. The predicted octanol–water partition coefficient (Wildman–Crippen LogP) is 3.00. The van der Waals surface area contributed by atoms with Gasteiger partial charge in [0.1, 0.15) is 5.82 Å². The molecule has 0 aliphatic carbocycles. The molecule has 0 aliphatic heterocycles. The number of benzene rings is 1. The first-order chi connectivity index (χ1) is 13.0. The fraction of sp³-hybridized carbons (Fsp3) is 0.158. The minimum atomic E-state index is -0.343. The van der Waals surface area contributed by atoms with Gasteiger partial charge < -0.3 is 9.84 Å². The summed E-state index contributed by atoms with van der Waals surface area (Å²) < 4.78 is 20.2. The highest BCUT2D eigenvalue weighted by Gasteiger charge is 2.19. The number of halogens is 1. The van der Waals surface area contributed by atoms with Gasteiger partial charge in [-0.25, -0.2) is 9.37 Å². The van der Waals surface area contributed by atoms with E-state index in [0.29, 0.717) is 34.4 Å². The monoisotopic (exact) mass is 365 g/mol. The molecule has 4 aromatic rings. The minimum absolute atomic E-state index is 0.264. The van der Waals surface area contributed by atoms with Crippen molar-refractivity contribution in [3.05, 3.63) is 65.4 Å². The van der Waals surface area contributed by atoms with Crippen molar-refractivity contribution in [3.8, 4) is 11.3 Å². The highest BCUT2D eigenvalue weighted by Crippen LogP contribution is 2.27. The number of pyridine rings is 1.